The summed E-state index contributed by atoms with van der Waals surface area (Å²) in [4.78, 5) is 15.3. The lowest BCUT2D eigenvalue weighted by Crippen LogP contribution is -2.38. The van der Waals surface area contributed by atoms with Crippen LogP contribution in [0.3, 0.4) is 0 Å². The van der Waals surface area contributed by atoms with Crippen molar-refractivity contribution in [3.63, 3.8) is 0 Å². The first kappa shape index (κ1) is 17.5. The summed E-state index contributed by atoms with van der Waals surface area (Å²) in [5.41, 5.74) is 2.00. The van der Waals surface area contributed by atoms with E-state index in [9.17, 15) is 9.18 Å². The third-order valence-corrected chi connectivity index (χ3v) is 5.29. The first-order valence-electron chi connectivity index (χ1n) is 8.94. The molecule has 3 nitrogen and oxygen atoms in total. The number of nitrogens with zero attached hydrogens (tertiary/aromatic N) is 1. The van der Waals surface area contributed by atoms with Crippen molar-refractivity contribution in [2.75, 3.05) is 23.8 Å². The first-order valence-corrected chi connectivity index (χ1v) is 8.94. The molecule has 0 heterocycles. The Bertz CT molecular complexity index is 753. The highest BCUT2D eigenvalue weighted by Crippen LogP contribution is 2.42. The number of anilines is 2. The van der Waals surface area contributed by atoms with Gasteiger partial charge < -0.3 is 10.2 Å². The standard InChI is InChI=1S/C21H25FN2O/c1-3-24(2)19-11-7-10-18(15-19)23-20(25)21(12-4-5-13-21)16-8-6-9-17(22)14-16/h6-11,14-15H,3-5,12-13H2,1-2H3,(H,23,25). The van der Waals surface area contributed by atoms with Crippen molar-refractivity contribution < 1.29 is 9.18 Å². The van der Waals surface area contributed by atoms with Crippen molar-refractivity contribution in [2.24, 2.45) is 0 Å². The molecule has 25 heavy (non-hydrogen) atoms. The topological polar surface area (TPSA) is 32.3 Å². The zero-order valence-corrected chi connectivity index (χ0v) is 14.9. The summed E-state index contributed by atoms with van der Waals surface area (Å²) in [7, 11) is 2.02. The maximum atomic E-state index is 13.7. The number of carbonyl (C=O) groups is 1. The van der Waals surface area contributed by atoms with Crippen molar-refractivity contribution >= 4 is 17.3 Å². The Morgan fingerprint density at radius 3 is 2.56 bits per heavy atom. The fraction of sp³-hybridized carbons (Fsp3) is 0.381. The number of nitrogens with one attached hydrogen (secondary N) is 1. The molecule has 132 valence electrons. The Kier molecular flexibility index (Phi) is 5.07. The zero-order chi connectivity index (χ0) is 17.9. The molecule has 0 radical (unpaired) electrons. The molecule has 0 unspecified atom stereocenters. The minimum atomic E-state index is -0.630. The molecule has 2 aromatic carbocycles. The van der Waals surface area contributed by atoms with Gasteiger partial charge in [0.2, 0.25) is 5.91 Å². The number of hydrogen-bond donors (Lipinski definition) is 1. The summed E-state index contributed by atoms with van der Waals surface area (Å²) in [6.45, 7) is 2.98. The van der Waals surface area contributed by atoms with E-state index in [0.29, 0.717) is 0 Å². The number of hydrogen-bond acceptors (Lipinski definition) is 2. The van der Waals surface area contributed by atoms with Gasteiger partial charge in [0.05, 0.1) is 5.41 Å². The quantitative estimate of drug-likeness (QED) is 0.853. The van der Waals surface area contributed by atoms with Crippen LogP contribution < -0.4 is 10.2 Å². The second kappa shape index (κ2) is 7.26. The molecule has 1 aliphatic rings. The Labute approximate surface area is 148 Å². The first-order chi connectivity index (χ1) is 12.0. The van der Waals surface area contributed by atoms with Gasteiger partial charge in [-0.05, 0) is 55.7 Å². The second-order valence-corrected chi connectivity index (χ2v) is 6.82. The molecule has 3 rings (SSSR count). The van der Waals surface area contributed by atoms with Crippen molar-refractivity contribution in [1.29, 1.82) is 0 Å². The SMILES string of the molecule is CCN(C)c1cccc(NC(=O)C2(c3cccc(F)c3)CCCC2)c1. The summed E-state index contributed by atoms with van der Waals surface area (Å²) >= 11 is 0. The van der Waals surface area contributed by atoms with Gasteiger partial charge in [-0.15, -0.1) is 0 Å². The Balaban J connectivity index is 1.88. The predicted molar refractivity (Wildman–Crippen MR) is 101 cm³/mol. The van der Waals surface area contributed by atoms with Gasteiger partial charge in [0.25, 0.3) is 0 Å². The maximum Gasteiger partial charge on any atom is 0.235 e. The average Bonchev–Trinajstić information content (AvgIpc) is 3.12. The van der Waals surface area contributed by atoms with Crippen molar-refractivity contribution in [3.05, 3.63) is 59.9 Å². The smallest absolute Gasteiger partial charge is 0.235 e. The molecule has 0 spiro atoms. The monoisotopic (exact) mass is 340 g/mol. The highest BCUT2D eigenvalue weighted by molar-refractivity contribution is 5.99. The third-order valence-electron chi connectivity index (χ3n) is 5.29. The van der Waals surface area contributed by atoms with Gasteiger partial charge in [-0.1, -0.05) is 31.0 Å². The van der Waals surface area contributed by atoms with Crippen LogP contribution in [-0.4, -0.2) is 19.5 Å². The number of halogens is 1. The maximum absolute atomic E-state index is 13.7. The van der Waals surface area contributed by atoms with E-state index in [2.05, 4.69) is 17.1 Å². The summed E-state index contributed by atoms with van der Waals surface area (Å²) in [5.74, 6) is -0.324. The van der Waals surface area contributed by atoms with Gasteiger partial charge in [-0.3, -0.25) is 4.79 Å². The minimum absolute atomic E-state index is 0.0353. The Morgan fingerprint density at radius 1 is 1.16 bits per heavy atom. The third kappa shape index (κ3) is 3.53. The van der Waals surface area contributed by atoms with Crippen LogP contribution in [0.15, 0.2) is 48.5 Å². The highest BCUT2D eigenvalue weighted by Gasteiger charge is 2.42. The summed E-state index contributed by atoms with van der Waals surface area (Å²) in [5, 5.41) is 3.07. The van der Waals surface area contributed by atoms with Crippen LogP contribution in [0.2, 0.25) is 0 Å². The van der Waals surface area contributed by atoms with Gasteiger partial charge in [0, 0.05) is 25.0 Å². The van der Waals surface area contributed by atoms with E-state index in [-0.39, 0.29) is 11.7 Å². The lowest BCUT2D eigenvalue weighted by atomic mass is 9.78. The molecule has 1 amide bonds. The fourth-order valence-electron chi connectivity index (χ4n) is 3.67. The van der Waals surface area contributed by atoms with E-state index >= 15 is 0 Å². The van der Waals surface area contributed by atoms with Crippen LogP contribution >= 0.6 is 0 Å². The zero-order valence-electron chi connectivity index (χ0n) is 14.9. The molecule has 1 N–H and O–H groups in total. The van der Waals surface area contributed by atoms with Gasteiger partial charge in [0.15, 0.2) is 0 Å². The van der Waals surface area contributed by atoms with Gasteiger partial charge in [0.1, 0.15) is 5.82 Å². The minimum Gasteiger partial charge on any atom is -0.375 e. The number of carbonyl (C=O) groups excluding carboxylic acids is 1. The predicted octanol–water partition coefficient (Wildman–Crippen LogP) is 4.73. The molecular weight excluding hydrogens is 315 g/mol. The second-order valence-electron chi connectivity index (χ2n) is 6.82. The normalized spacial score (nSPS) is 15.8. The largest absolute Gasteiger partial charge is 0.375 e. The van der Waals surface area contributed by atoms with E-state index in [1.54, 1.807) is 6.07 Å². The van der Waals surface area contributed by atoms with E-state index in [4.69, 9.17) is 0 Å². The van der Waals surface area contributed by atoms with Gasteiger partial charge in [-0.2, -0.15) is 0 Å². The number of rotatable bonds is 5. The van der Waals surface area contributed by atoms with Crippen LogP contribution in [0.5, 0.6) is 0 Å². The van der Waals surface area contributed by atoms with Crippen molar-refractivity contribution in [1.82, 2.24) is 0 Å². The van der Waals surface area contributed by atoms with Gasteiger partial charge >= 0.3 is 0 Å². The molecule has 1 fully saturated rings. The molecule has 0 bridgehead atoms. The van der Waals surface area contributed by atoms with E-state index in [1.165, 1.54) is 12.1 Å². The molecular formula is C21H25FN2O. The lowest BCUT2D eigenvalue weighted by molar-refractivity contribution is -0.121. The summed E-state index contributed by atoms with van der Waals surface area (Å²) in [6.07, 6.45) is 3.50. The van der Waals surface area contributed by atoms with Crippen LogP contribution in [-0.2, 0) is 10.2 Å². The number of amides is 1. The molecule has 1 saturated carbocycles. The Hall–Kier alpha value is -2.36. The number of benzene rings is 2. The fourth-order valence-corrected chi connectivity index (χ4v) is 3.67. The highest BCUT2D eigenvalue weighted by atomic mass is 19.1. The molecule has 0 atom stereocenters. The molecule has 0 saturated heterocycles. The summed E-state index contributed by atoms with van der Waals surface area (Å²) in [6, 6.07) is 14.3. The molecule has 0 aromatic heterocycles. The van der Waals surface area contributed by atoms with Crippen LogP contribution in [0.25, 0.3) is 0 Å². The van der Waals surface area contributed by atoms with Gasteiger partial charge in [-0.25, -0.2) is 4.39 Å². The van der Waals surface area contributed by atoms with E-state index in [1.807, 2.05) is 37.4 Å². The molecule has 2 aromatic rings. The van der Waals surface area contributed by atoms with Crippen molar-refractivity contribution in [3.8, 4) is 0 Å². The average molecular weight is 340 g/mol. The Morgan fingerprint density at radius 2 is 1.88 bits per heavy atom. The van der Waals surface area contributed by atoms with E-state index < -0.39 is 5.41 Å². The molecule has 4 heteroatoms. The molecule has 1 aliphatic carbocycles. The van der Waals surface area contributed by atoms with Crippen LogP contribution in [0.1, 0.15) is 38.2 Å². The molecule has 0 aliphatic heterocycles. The lowest BCUT2D eigenvalue weighted by Gasteiger charge is -2.28. The van der Waals surface area contributed by atoms with Crippen LogP contribution in [0.4, 0.5) is 15.8 Å². The summed E-state index contributed by atoms with van der Waals surface area (Å²) < 4.78 is 13.7. The van der Waals surface area contributed by atoms with E-state index in [0.717, 1.165) is 49.2 Å². The van der Waals surface area contributed by atoms with Crippen LogP contribution in [0, 0.1) is 5.82 Å². The van der Waals surface area contributed by atoms with Crippen molar-refractivity contribution in [2.45, 2.75) is 38.0 Å².